The predicted octanol–water partition coefficient (Wildman–Crippen LogP) is 0.562. The van der Waals surface area contributed by atoms with Crippen molar-refractivity contribution in [1.29, 1.82) is 0 Å². The van der Waals surface area contributed by atoms with Crippen molar-refractivity contribution in [1.82, 2.24) is 9.62 Å². The molecule has 0 aromatic heterocycles. The molecule has 1 heterocycles. The molecule has 1 N–H and O–H groups in total. The fourth-order valence-electron chi connectivity index (χ4n) is 1.71. The van der Waals surface area contributed by atoms with Crippen LogP contribution < -0.4 is 4.72 Å². The van der Waals surface area contributed by atoms with E-state index in [0.717, 1.165) is 0 Å². The molecular formula is C12H24N2O5S. The molecule has 0 bridgehead atoms. The highest BCUT2D eigenvalue weighted by Gasteiger charge is 2.28. The first-order valence-corrected chi connectivity index (χ1v) is 8.34. The lowest BCUT2D eigenvalue weighted by molar-refractivity contribution is 0.0239. The Kier molecular flexibility index (Phi) is 5.79. The second kappa shape index (κ2) is 6.73. The van der Waals surface area contributed by atoms with Crippen LogP contribution in [0.15, 0.2) is 0 Å². The Bertz CT molecular complexity index is 430. The molecule has 0 saturated carbocycles. The Labute approximate surface area is 120 Å². The molecule has 118 valence electrons. The van der Waals surface area contributed by atoms with E-state index in [9.17, 15) is 13.2 Å². The molecule has 0 spiro atoms. The zero-order valence-electron chi connectivity index (χ0n) is 12.5. The summed E-state index contributed by atoms with van der Waals surface area (Å²) in [5.74, 6) is -0.00403. The lowest BCUT2D eigenvalue weighted by atomic mass is 10.2. The summed E-state index contributed by atoms with van der Waals surface area (Å²) in [6.45, 7) is 8.17. The summed E-state index contributed by atoms with van der Waals surface area (Å²) >= 11 is 0. The molecule has 1 rings (SSSR count). The fraction of sp³-hybridized carbons (Fsp3) is 0.917. The second-order valence-corrected chi connectivity index (χ2v) is 7.76. The molecule has 1 atom stereocenters. The van der Waals surface area contributed by atoms with Gasteiger partial charge in [0.05, 0.1) is 25.0 Å². The maximum Gasteiger partial charge on any atom is 0.410 e. The lowest BCUT2D eigenvalue weighted by Crippen LogP contribution is -2.47. The molecule has 1 aliphatic rings. The SMILES string of the molecule is CCS(=O)(=O)NC1COCCN(C(=O)OC(C)(C)C)C1. The number of amides is 1. The van der Waals surface area contributed by atoms with E-state index in [4.69, 9.17) is 9.47 Å². The fourth-order valence-corrected chi connectivity index (χ4v) is 2.53. The number of carbonyl (C=O) groups is 1. The topological polar surface area (TPSA) is 84.9 Å². The maximum atomic E-state index is 12.0. The van der Waals surface area contributed by atoms with Gasteiger partial charge in [-0.05, 0) is 27.7 Å². The van der Waals surface area contributed by atoms with Crippen LogP contribution in [0.5, 0.6) is 0 Å². The van der Waals surface area contributed by atoms with Crippen LogP contribution in [-0.4, -0.2) is 63.1 Å². The number of hydrogen-bond acceptors (Lipinski definition) is 5. The van der Waals surface area contributed by atoms with Crippen LogP contribution in [0.25, 0.3) is 0 Å². The predicted molar refractivity (Wildman–Crippen MR) is 75.0 cm³/mol. The largest absolute Gasteiger partial charge is 0.444 e. The molecule has 7 nitrogen and oxygen atoms in total. The van der Waals surface area contributed by atoms with Crippen molar-refractivity contribution in [3.8, 4) is 0 Å². The van der Waals surface area contributed by atoms with E-state index >= 15 is 0 Å². The van der Waals surface area contributed by atoms with Gasteiger partial charge in [0.2, 0.25) is 10.0 Å². The van der Waals surface area contributed by atoms with Gasteiger partial charge in [0.15, 0.2) is 0 Å². The third kappa shape index (κ3) is 6.06. The summed E-state index contributed by atoms with van der Waals surface area (Å²) in [4.78, 5) is 13.5. The quantitative estimate of drug-likeness (QED) is 0.823. The second-order valence-electron chi connectivity index (χ2n) is 5.72. The number of ether oxygens (including phenoxy) is 2. The van der Waals surface area contributed by atoms with E-state index in [0.29, 0.717) is 13.2 Å². The third-order valence-electron chi connectivity index (χ3n) is 2.64. The molecule has 0 aromatic carbocycles. The average Bonchev–Trinajstić information content (AvgIpc) is 2.52. The average molecular weight is 308 g/mol. The monoisotopic (exact) mass is 308 g/mol. The van der Waals surface area contributed by atoms with Gasteiger partial charge in [-0.2, -0.15) is 0 Å². The normalized spacial score (nSPS) is 21.4. The van der Waals surface area contributed by atoms with Gasteiger partial charge in [-0.1, -0.05) is 0 Å². The van der Waals surface area contributed by atoms with Crippen LogP contribution in [0.4, 0.5) is 4.79 Å². The van der Waals surface area contributed by atoms with Gasteiger partial charge in [0.1, 0.15) is 5.60 Å². The first kappa shape index (κ1) is 17.2. The first-order chi connectivity index (χ1) is 9.13. The number of sulfonamides is 1. The van der Waals surface area contributed by atoms with Crippen LogP contribution >= 0.6 is 0 Å². The number of hydrogen-bond donors (Lipinski definition) is 1. The molecule has 1 unspecified atom stereocenters. The van der Waals surface area contributed by atoms with Crippen LogP contribution in [0, 0.1) is 0 Å². The zero-order valence-corrected chi connectivity index (χ0v) is 13.3. The Hall–Kier alpha value is -0.860. The van der Waals surface area contributed by atoms with E-state index in [1.54, 1.807) is 27.7 Å². The summed E-state index contributed by atoms with van der Waals surface area (Å²) in [6.07, 6.45) is -0.455. The molecule has 0 aromatic rings. The molecular weight excluding hydrogens is 284 g/mol. The van der Waals surface area contributed by atoms with Gasteiger partial charge in [-0.25, -0.2) is 17.9 Å². The van der Waals surface area contributed by atoms with Gasteiger partial charge in [-0.15, -0.1) is 0 Å². The first-order valence-electron chi connectivity index (χ1n) is 6.68. The Balaban J connectivity index is 2.67. The van der Waals surface area contributed by atoms with E-state index < -0.39 is 27.8 Å². The Morgan fingerprint density at radius 1 is 1.45 bits per heavy atom. The minimum atomic E-state index is -3.33. The van der Waals surface area contributed by atoms with Crippen molar-refractivity contribution in [3.63, 3.8) is 0 Å². The standard InChI is InChI=1S/C12H24N2O5S/c1-5-20(16,17)13-10-8-14(6-7-18-9-10)11(15)19-12(2,3)4/h10,13H,5-9H2,1-4H3. The van der Waals surface area contributed by atoms with Gasteiger partial charge >= 0.3 is 6.09 Å². The molecule has 0 aliphatic carbocycles. The highest BCUT2D eigenvalue weighted by Crippen LogP contribution is 2.11. The summed E-state index contributed by atoms with van der Waals surface area (Å²) in [7, 11) is -3.33. The number of nitrogens with zero attached hydrogens (tertiary/aromatic N) is 1. The number of nitrogens with one attached hydrogen (secondary N) is 1. The van der Waals surface area contributed by atoms with Gasteiger partial charge in [0.25, 0.3) is 0 Å². The molecule has 1 fully saturated rings. The van der Waals surface area contributed by atoms with Crippen molar-refractivity contribution in [2.45, 2.75) is 39.3 Å². The van der Waals surface area contributed by atoms with Crippen molar-refractivity contribution < 1.29 is 22.7 Å². The molecule has 20 heavy (non-hydrogen) atoms. The maximum absolute atomic E-state index is 12.0. The Morgan fingerprint density at radius 2 is 2.10 bits per heavy atom. The van der Waals surface area contributed by atoms with Crippen LogP contribution in [0.2, 0.25) is 0 Å². The summed E-state index contributed by atoms with van der Waals surface area (Å²) in [5, 5.41) is 0. The Morgan fingerprint density at radius 3 is 2.65 bits per heavy atom. The van der Waals surface area contributed by atoms with Gasteiger partial charge < -0.3 is 14.4 Å². The van der Waals surface area contributed by atoms with Crippen molar-refractivity contribution >= 4 is 16.1 Å². The highest BCUT2D eigenvalue weighted by molar-refractivity contribution is 7.89. The molecule has 1 amide bonds. The van der Waals surface area contributed by atoms with E-state index in [-0.39, 0.29) is 18.9 Å². The summed E-state index contributed by atoms with van der Waals surface area (Å²) in [6, 6.07) is -0.449. The van der Waals surface area contributed by atoms with Crippen molar-refractivity contribution in [3.05, 3.63) is 0 Å². The van der Waals surface area contributed by atoms with Crippen LogP contribution in [0.1, 0.15) is 27.7 Å². The van der Waals surface area contributed by atoms with E-state index in [2.05, 4.69) is 4.72 Å². The smallest absolute Gasteiger partial charge is 0.410 e. The van der Waals surface area contributed by atoms with Gasteiger partial charge in [0, 0.05) is 13.1 Å². The van der Waals surface area contributed by atoms with Gasteiger partial charge in [-0.3, -0.25) is 0 Å². The molecule has 0 radical (unpaired) electrons. The molecule has 1 saturated heterocycles. The molecule has 8 heteroatoms. The summed E-state index contributed by atoms with van der Waals surface area (Å²) in [5.41, 5.74) is -0.581. The zero-order chi connectivity index (χ0) is 15.4. The highest BCUT2D eigenvalue weighted by atomic mass is 32.2. The van der Waals surface area contributed by atoms with E-state index in [1.807, 2.05) is 0 Å². The minimum absolute atomic E-state index is 0.00403. The minimum Gasteiger partial charge on any atom is -0.444 e. The van der Waals surface area contributed by atoms with Crippen molar-refractivity contribution in [2.75, 3.05) is 32.1 Å². The summed E-state index contributed by atoms with van der Waals surface area (Å²) < 4.78 is 36.3. The van der Waals surface area contributed by atoms with Crippen LogP contribution in [-0.2, 0) is 19.5 Å². The third-order valence-corrected chi connectivity index (χ3v) is 4.10. The lowest BCUT2D eigenvalue weighted by Gasteiger charge is -2.27. The number of rotatable bonds is 3. The number of carbonyl (C=O) groups excluding carboxylic acids is 1. The molecule has 1 aliphatic heterocycles. The van der Waals surface area contributed by atoms with E-state index in [1.165, 1.54) is 4.90 Å². The van der Waals surface area contributed by atoms with Crippen LogP contribution in [0.3, 0.4) is 0 Å². The van der Waals surface area contributed by atoms with Crippen molar-refractivity contribution in [2.24, 2.45) is 0 Å².